The van der Waals surface area contributed by atoms with Crippen molar-refractivity contribution in [3.05, 3.63) is 0 Å². The lowest BCUT2D eigenvalue weighted by Crippen LogP contribution is -2.41. The van der Waals surface area contributed by atoms with Gasteiger partial charge in [-0.1, -0.05) is 6.92 Å². The third kappa shape index (κ3) is 3.08. The van der Waals surface area contributed by atoms with Crippen LogP contribution in [0, 0.1) is 5.92 Å². The van der Waals surface area contributed by atoms with Crippen molar-refractivity contribution < 1.29 is 9.90 Å². The highest BCUT2D eigenvalue weighted by atomic mass is 16.3. The summed E-state index contributed by atoms with van der Waals surface area (Å²) in [5.74, 6) is 0.662. The zero-order valence-corrected chi connectivity index (χ0v) is 8.33. The van der Waals surface area contributed by atoms with Crippen LogP contribution in [0.5, 0.6) is 0 Å². The Labute approximate surface area is 79.7 Å². The zero-order chi connectivity index (χ0) is 9.68. The Kier molecular flexibility index (Phi) is 4.39. The average Bonchev–Trinajstić information content (AvgIpc) is 2.16. The van der Waals surface area contributed by atoms with E-state index >= 15 is 0 Å². The molecule has 1 saturated heterocycles. The van der Waals surface area contributed by atoms with Crippen molar-refractivity contribution in [1.82, 2.24) is 4.90 Å². The van der Waals surface area contributed by atoms with Crippen molar-refractivity contribution in [1.29, 1.82) is 0 Å². The van der Waals surface area contributed by atoms with Crippen LogP contribution in [0.3, 0.4) is 0 Å². The third-order valence-corrected chi connectivity index (χ3v) is 2.73. The molecule has 0 aromatic carbocycles. The Balaban J connectivity index is 2.31. The van der Waals surface area contributed by atoms with E-state index in [1.807, 2.05) is 0 Å². The number of carbonyl (C=O) groups is 1. The number of rotatable bonds is 4. The maximum atomic E-state index is 11.4. The molecule has 1 aliphatic heterocycles. The van der Waals surface area contributed by atoms with Gasteiger partial charge in [-0.25, -0.2) is 0 Å². The molecule has 0 spiro atoms. The lowest BCUT2D eigenvalue weighted by atomic mass is 9.94. The van der Waals surface area contributed by atoms with Crippen LogP contribution in [0.4, 0.5) is 0 Å². The lowest BCUT2D eigenvalue weighted by Gasteiger charge is -2.30. The standard InChI is InChI=1S/C10H19NO2/c1-2-9-8-11(5-3-7-12)6-4-10(9)13/h9,12H,2-8H2,1H3. The molecule has 1 aliphatic rings. The molecule has 0 aliphatic carbocycles. The molecule has 1 fully saturated rings. The van der Waals surface area contributed by atoms with Crippen LogP contribution in [0.25, 0.3) is 0 Å². The molecule has 3 heteroatoms. The third-order valence-electron chi connectivity index (χ3n) is 2.73. The van der Waals surface area contributed by atoms with Gasteiger partial charge < -0.3 is 10.0 Å². The molecule has 1 heterocycles. The lowest BCUT2D eigenvalue weighted by molar-refractivity contribution is -0.126. The van der Waals surface area contributed by atoms with Gasteiger partial charge in [0, 0.05) is 38.6 Å². The van der Waals surface area contributed by atoms with Crippen molar-refractivity contribution in [2.24, 2.45) is 5.92 Å². The molecule has 3 nitrogen and oxygen atoms in total. The number of hydrogen-bond donors (Lipinski definition) is 1. The van der Waals surface area contributed by atoms with Crippen LogP contribution in [-0.4, -0.2) is 42.0 Å². The van der Waals surface area contributed by atoms with Gasteiger partial charge in [0.2, 0.25) is 0 Å². The van der Waals surface area contributed by atoms with Gasteiger partial charge in [-0.05, 0) is 12.8 Å². The normalized spacial score (nSPS) is 25.1. The first-order valence-electron chi connectivity index (χ1n) is 5.13. The maximum Gasteiger partial charge on any atom is 0.138 e. The molecule has 0 bridgehead atoms. The van der Waals surface area contributed by atoms with Crippen LogP contribution in [-0.2, 0) is 4.79 Å². The monoisotopic (exact) mass is 185 g/mol. The minimum atomic E-state index is 0.243. The topological polar surface area (TPSA) is 40.5 Å². The van der Waals surface area contributed by atoms with Crippen molar-refractivity contribution in [2.75, 3.05) is 26.2 Å². The van der Waals surface area contributed by atoms with Gasteiger partial charge in [0.05, 0.1) is 0 Å². The minimum Gasteiger partial charge on any atom is -0.396 e. The van der Waals surface area contributed by atoms with Gasteiger partial charge in [0.15, 0.2) is 0 Å². The van der Waals surface area contributed by atoms with E-state index in [9.17, 15) is 4.79 Å². The van der Waals surface area contributed by atoms with E-state index in [0.717, 1.165) is 32.5 Å². The number of hydrogen-bond acceptors (Lipinski definition) is 3. The van der Waals surface area contributed by atoms with E-state index in [1.54, 1.807) is 0 Å². The molecule has 1 N–H and O–H groups in total. The Hall–Kier alpha value is -0.410. The number of aliphatic hydroxyl groups is 1. The highest BCUT2D eigenvalue weighted by molar-refractivity contribution is 5.82. The number of ketones is 1. The van der Waals surface area contributed by atoms with E-state index in [0.29, 0.717) is 12.2 Å². The molecular formula is C10H19NO2. The molecule has 0 saturated carbocycles. The van der Waals surface area contributed by atoms with Crippen LogP contribution in [0.15, 0.2) is 0 Å². The van der Waals surface area contributed by atoms with E-state index < -0.39 is 0 Å². The van der Waals surface area contributed by atoms with Crippen LogP contribution < -0.4 is 0 Å². The summed E-state index contributed by atoms with van der Waals surface area (Å²) in [6.45, 7) is 5.03. The van der Waals surface area contributed by atoms with E-state index in [2.05, 4.69) is 11.8 Å². The highest BCUT2D eigenvalue weighted by Gasteiger charge is 2.24. The molecule has 1 rings (SSSR count). The van der Waals surface area contributed by atoms with Gasteiger partial charge >= 0.3 is 0 Å². The number of Topliss-reactive ketones (excluding diaryl/α,β-unsaturated/α-hetero) is 1. The first-order chi connectivity index (χ1) is 6.27. The van der Waals surface area contributed by atoms with E-state index in [-0.39, 0.29) is 12.5 Å². The molecule has 0 aromatic heterocycles. The van der Waals surface area contributed by atoms with Crippen molar-refractivity contribution >= 4 is 5.78 Å². The molecule has 0 amide bonds. The fourth-order valence-electron chi connectivity index (χ4n) is 1.83. The Morgan fingerprint density at radius 2 is 2.38 bits per heavy atom. The predicted molar refractivity (Wildman–Crippen MR) is 51.5 cm³/mol. The predicted octanol–water partition coefficient (Wildman–Crippen LogP) is 0.670. The number of aliphatic hydroxyl groups excluding tert-OH is 1. The summed E-state index contributed by atoms with van der Waals surface area (Å²) in [5, 5.41) is 8.68. The Morgan fingerprint density at radius 1 is 1.62 bits per heavy atom. The number of carbonyl (C=O) groups excluding carboxylic acids is 1. The summed E-state index contributed by atoms with van der Waals surface area (Å²) < 4.78 is 0. The van der Waals surface area contributed by atoms with Crippen LogP contribution >= 0.6 is 0 Å². The fourth-order valence-corrected chi connectivity index (χ4v) is 1.83. The Morgan fingerprint density at radius 3 is 3.00 bits per heavy atom. The van der Waals surface area contributed by atoms with Crippen molar-refractivity contribution in [3.63, 3.8) is 0 Å². The van der Waals surface area contributed by atoms with Gasteiger partial charge in [0.25, 0.3) is 0 Å². The van der Waals surface area contributed by atoms with E-state index in [1.165, 1.54) is 0 Å². The van der Waals surface area contributed by atoms with Crippen LogP contribution in [0.2, 0.25) is 0 Å². The van der Waals surface area contributed by atoms with Crippen LogP contribution in [0.1, 0.15) is 26.2 Å². The number of likely N-dealkylation sites (tertiary alicyclic amines) is 1. The summed E-state index contributed by atoms with van der Waals surface area (Å²) in [4.78, 5) is 13.7. The largest absolute Gasteiger partial charge is 0.396 e. The minimum absolute atomic E-state index is 0.243. The summed E-state index contributed by atoms with van der Waals surface area (Å²) in [6, 6.07) is 0. The van der Waals surface area contributed by atoms with Crippen molar-refractivity contribution in [3.8, 4) is 0 Å². The smallest absolute Gasteiger partial charge is 0.138 e. The van der Waals surface area contributed by atoms with E-state index in [4.69, 9.17) is 5.11 Å². The SMILES string of the molecule is CCC1CN(CCCO)CCC1=O. The second-order valence-corrected chi connectivity index (χ2v) is 3.70. The second-order valence-electron chi connectivity index (χ2n) is 3.70. The number of piperidine rings is 1. The molecule has 1 unspecified atom stereocenters. The zero-order valence-electron chi connectivity index (χ0n) is 8.33. The van der Waals surface area contributed by atoms with Gasteiger partial charge in [-0.2, -0.15) is 0 Å². The molecule has 13 heavy (non-hydrogen) atoms. The summed E-state index contributed by atoms with van der Waals surface area (Å²) >= 11 is 0. The summed E-state index contributed by atoms with van der Waals surface area (Å²) in [5.41, 5.74) is 0. The second kappa shape index (κ2) is 5.35. The maximum absolute atomic E-state index is 11.4. The number of nitrogens with zero attached hydrogens (tertiary/aromatic N) is 1. The summed E-state index contributed by atoms with van der Waals surface area (Å²) in [7, 11) is 0. The molecule has 1 atom stereocenters. The molecule has 76 valence electrons. The first kappa shape index (κ1) is 10.7. The molecule has 0 radical (unpaired) electrons. The van der Waals surface area contributed by atoms with Gasteiger partial charge in [-0.15, -0.1) is 0 Å². The van der Waals surface area contributed by atoms with Crippen molar-refractivity contribution in [2.45, 2.75) is 26.2 Å². The fraction of sp³-hybridized carbons (Fsp3) is 0.900. The quantitative estimate of drug-likeness (QED) is 0.700. The first-order valence-corrected chi connectivity index (χ1v) is 5.13. The molecular weight excluding hydrogens is 166 g/mol. The summed E-state index contributed by atoms with van der Waals surface area (Å²) in [6.07, 6.45) is 2.48. The highest BCUT2D eigenvalue weighted by Crippen LogP contribution is 2.15. The Bertz CT molecular complexity index is 170. The van der Waals surface area contributed by atoms with Gasteiger partial charge in [-0.3, -0.25) is 4.79 Å². The molecule has 0 aromatic rings. The average molecular weight is 185 g/mol. The van der Waals surface area contributed by atoms with Gasteiger partial charge in [0.1, 0.15) is 5.78 Å².